The molecule has 1 aromatic heterocycles. The van der Waals surface area contributed by atoms with Crippen molar-refractivity contribution in [3.05, 3.63) is 59.3 Å². The van der Waals surface area contributed by atoms with E-state index in [0.717, 1.165) is 11.1 Å². The molecule has 0 atom stereocenters. The number of fused-ring (bicyclic) bond motifs is 2. The zero-order chi connectivity index (χ0) is 16.4. The van der Waals surface area contributed by atoms with E-state index in [9.17, 15) is 17.8 Å². The number of ketones is 1. The van der Waals surface area contributed by atoms with Crippen molar-refractivity contribution in [1.29, 1.82) is 0 Å². The lowest BCUT2D eigenvalue weighted by Gasteiger charge is -2.20. The average molecular weight is 325 g/mol. The largest absolute Gasteiger partial charge is 0.296 e. The molecular formula is C17H11NO4S. The van der Waals surface area contributed by atoms with Crippen LogP contribution in [0.2, 0.25) is 0 Å². The van der Waals surface area contributed by atoms with Crippen LogP contribution in [-0.4, -0.2) is 23.7 Å². The highest BCUT2D eigenvalue weighted by atomic mass is 32.2. The first-order chi connectivity index (χ1) is 10.9. The van der Waals surface area contributed by atoms with Gasteiger partial charge in [-0.3, -0.25) is 14.3 Å². The van der Waals surface area contributed by atoms with E-state index in [4.69, 9.17) is 0 Å². The monoisotopic (exact) mass is 325 g/mol. The summed E-state index contributed by atoms with van der Waals surface area (Å²) in [6.07, 6.45) is 0. The zero-order valence-electron chi connectivity index (χ0n) is 12.1. The van der Waals surface area contributed by atoms with E-state index in [1.54, 1.807) is 19.1 Å². The fraction of sp³-hybridized carbons (Fsp3) is 0.0588. The van der Waals surface area contributed by atoms with Crippen LogP contribution in [0.1, 0.15) is 21.6 Å². The third-order valence-electron chi connectivity index (χ3n) is 4.04. The summed E-state index contributed by atoms with van der Waals surface area (Å²) in [5.74, 6) is -0.175. The summed E-state index contributed by atoms with van der Waals surface area (Å²) < 4.78 is 32.7. The normalized spacial score (nSPS) is 13.2. The Morgan fingerprint density at radius 3 is 2.35 bits per heavy atom. The topological polar surface area (TPSA) is 84.3 Å². The minimum absolute atomic E-state index is 0.128. The van der Waals surface area contributed by atoms with Crippen LogP contribution in [0.3, 0.4) is 0 Å². The highest BCUT2D eigenvalue weighted by Crippen LogP contribution is 2.40. The lowest BCUT2D eigenvalue weighted by molar-refractivity contribution is 0.104. The summed E-state index contributed by atoms with van der Waals surface area (Å²) in [5.41, 5.74) is 3.21. The van der Waals surface area contributed by atoms with Gasteiger partial charge in [0.15, 0.2) is 5.78 Å². The number of carbonyl (C=O) groups is 1. The predicted octanol–water partition coefficient (Wildman–Crippen LogP) is 3.00. The quantitative estimate of drug-likeness (QED) is 0.544. The maximum absolute atomic E-state index is 12.7. The molecule has 0 fully saturated rings. The number of benzene rings is 2. The molecule has 6 heteroatoms. The van der Waals surface area contributed by atoms with Crippen molar-refractivity contribution in [2.45, 2.75) is 11.8 Å². The lowest BCUT2D eigenvalue weighted by Crippen LogP contribution is -2.12. The predicted molar refractivity (Wildman–Crippen MR) is 85.2 cm³/mol. The Kier molecular flexibility index (Phi) is 2.73. The summed E-state index contributed by atoms with van der Waals surface area (Å²) in [7, 11) is -4.43. The van der Waals surface area contributed by atoms with Gasteiger partial charge in [0.25, 0.3) is 10.1 Å². The van der Waals surface area contributed by atoms with Gasteiger partial charge in [0.2, 0.25) is 0 Å². The van der Waals surface area contributed by atoms with Crippen LogP contribution in [0.4, 0.5) is 0 Å². The number of aryl methyl sites for hydroxylation is 1. The van der Waals surface area contributed by atoms with Crippen molar-refractivity contribution in [2.24, 2.45) is 0 Å². The maximum Gasteiger partial charge on any atom is 0.296 e. The Morgan fingerprint density at radius 2 is 1.65 bits per heavy atom. The van der Waals surface area contributed by atoms with Gasteiger partial charge >= 0.3 is 0 Å². The molecule has 0 saturated heterocycles. The molecule has 0 saturated carbocycles. The molecule has 2 aromatic carbocycles. The Balaban J connectivity index is 2.28. The highest BCUT2D eigenvalue weighted by molar-refractivity contribution is 7.86. The van der Waals surface area contributed by atoms with Crippen LogP contribution in [-0.2, 0) is 10.1 Å². The van der Waals surface area contributed by atoms with Gasteiger partial charge in [-0.2, -0.15) is 8.42 Å². The molecule has 0 bridgehead atoms. The summed E-state index contributed by atoms with van der Waals surface area (Å²) in [5, 5.41) is 0.467. The average Bonchev–Trinajstić information content (AvgIpc) is 2.50. The van der Waals surface area contributed by atoms with Crippen LogP contribution in [0.15, 0.2) is 47.4 Å². The van der Waals surface area contributed by atoms with Crippen molar-refractivity contribution in [2.75, 3.05) is 0 Å². The number of pyridine rings is 1. The molecule has 0 aliphatic heterocycles. The molecule has 5 nitrogen and oxygen atoms in total. The zero-order valence-corrected chi connectivity index (χ0v) is 12.9. The number of carbonyl (C=O) groups excluding carboxylic acids is 1. The third kappa shape index (κ3) is 1.92. The Bertz CT molecular complexity index is 1120. The Morgan fingerprint density at radius 1 is 0.957 bits per heavy atom. The molecule has 1 aliphatic carbocycles. The van der Waals surface area contributed by atoms with E-state index in [1.807, 2.05) is 18.2 Å². The Hall–Kier alpha value is -2.57. The van der Waals surface area contributed by atoms with Gasteiger partial charge in [0, 0.05) is 22.2 Å². The Labute approximate surface area is 132 Å². The molecule has 4 rings (SSSR count). The molecule has 114 valence electrons. The first-order valence-electron chi connectivity index (χ1n) is 6.94. The fourth-order valence-corrected chi connectivity index (χ4v) is 3.75. The first kappa shape index (κ1) is 14.0. The second-order valence-corrected chi connectivity index (χ2v) is 6.89. The van der Waals surface area contributed by atoms with Crippen LogP contribution >= 0.6 is 0 Å². The third-order valence-corrected chi connectivity index (χ3v) is 4.92. The molecular weight excluding hydrogens is 314 g/mol. The molecule has 1 aliphatic rings. The minimum atomic E-state index is -4.43. The first-order valence-corrected chi connectivity index (χ1v) is 8.38. The smallest absolute Gasteiger partial charge is 0.289 e. The number of nitrogens with zero attached hydrogens (tertiary/aromatic N) is 1. The van der Waals surface area contributed by atoms with E-state index >= 15 is 0 Å². The fourth-order valence-electron chi connectivity index (χ4n) is 3.12. The molecule has 0 unspecified atom stereocenters. The molecule has 0 spiro atoms. The molecule has 0 amide bonds. The van der Waals surface area contributed by atoms with Gasteiger partial charge in [0.05, 0.1) is 5.52 Å². The number of rotatable bonds is 1. The van der Waals surface area contributed by atoms with Gasteiger partial charge in [-0.25, -0.2) is 0 Å². The van der Waals surface area contributed by atoms with Gasteiger partial charge in [-0.05, 0) is 36.2 Å². The molecule has 23 heavy (non-hydrogen) atoms. The molecule has 3 aromatic rings. The van der Waals surface area contributed by atoms with Crippen LogP contribution in [0.5, 0.6) is 0 Å². The van der Waals surface area contributed by atoms with Gasteiger partial charge in [-0.1, -0.05) is 24.3 Å². The molecule has 1 N–H and O–H groups in total. The summed E-state index contributed by atoms with van der Waals surface area (Å²) >= 11 is 0. The molecule has 1 heterocycles. The van der Waals surface area contributed by atoms with E-state index < -0.39 is 10.1 Å². The van der Waals surface area contributed by atoms with E-state index in [2.05, 4.69) is 4.98 Å². The van der Waals surface area contributed by atoms with E-state index in [-0.39, 0.29) is 16.2 Å². The lowest BCUT2D eigenvalue weighted by atomic mass is 9.84. The van der Waals surface area contributed by atoms with Crippen molar-refractivity contribution < 1.29 is 17.8 Å². The van der Waals surface area contributed by atoms with Crippen LogP contribution in [0, 0.1) is 6.92 Å². The van der Waals surface area contributed by atoms with E-state index in [0.29, 0.717) is 22.2 Å². The van der Waals surface area contributed by atoms with Crippen molar-refractivity contribution >= 4 is 26.8 Å². The van der Waals surface area contributed by atoms with Gasteiger partial charge < -0.3 is 0 Å². The molecule has 0 radical (unpaired) electrons. The number of hydrogen-bond donors (Lipinski definition) is 1. The number of hydrogen-bond acceptors (Lipinski definition) is 4. The van der Waals surface area contributed by atoms with Crippen molar-refractivity contribution in [3.63, 3.8) is 0 Å². The minimum Gasteiger partial charge on any atom is -0.289 e. The van der Waals surface area contributed by atoms with Gasteiger partial charge in [-0.15, -0.1) is 0 Å². The van der Waals surface area contributed by atoms with Crippen molar-refractivity contribution in [1.82, 2.24) is 4.98 Å². The SMILES string of the molecule is Cc1cc2c3c(ccc(S(=O)(=O)O)c3n1)C(=O)c1ccccc1-2. The summed E-state index contributed by atoms with van der Waals surface area (Å²) in [6, 6.07) is 11.7. The van der Waals surface area contributed by atoms with Crippen molar-refractivity contribution in [3.8, 4) is 11.1 Å². The summed E-state index contributed by atoms with van der Waals surface area (Å²) in [6.45, 7) is 1.75. The van der Waals surface area contributed by atoms with Crippen LogP contribution < -0.4 is 0 Å². The number of aromatic nitrogens is 1. The second kappa shape index (κ2) is 4.47. The highest BCUT2D eigenvalue weighted by Gasteiger charge is 2.28. The van der Waals surface area contributed by atoms with Gasteiger partial charge in [0.1, 0.15) is 4.90 Å². The standard InChI is InChI=1S/C17H11NO4S/c1-9-8-13-10-4-2-3-5-11(10)17(19)12-6-7-14(23(20,21)22)16(18-9)15(12)13/h2-8H,1H3,(H,20,21,22). The van der Waals surface area contributed by atoms with Crippen LogP contribution in [0.25, 0.3) is 22.0 Å². The summed E-state index contributed by atoms with van der Waals surface area (Å²) in [4.78, 5) is 16.7. The second-order valence-electron chi connectivity index (χ2n) is 5.50. The van der Waals surface area contributed by atoms with E-state index in [1.165, 1.54) is 12.1 Å². The maximum atomic E-state index is 12.7.